The molecule has 0 amide bonds. The summed E-state index contributed by atoms with van der Waals surface area (Å²) in [5, 5.41) is 3.39. The summed E-state index contributed by atoms with van der Waals surface area (Å²) in [6.45, 7) is 2.06. The molecule has 0 bridgehead atoms. The third-order valence-electron chi connectivity index (χ3n) is 3.79. The van der Waals surface area contributed by atoms with Crippen LogP contribution in [0.5, 0.6) is 11.5 Å². The molecule has 20 heavy (non-hydrogen) atoms. The number of nitrogens with zero attached hydrogens (tertiary/aromatic N) is 2. The molecule has 0 aliphatic carbocycles. The lowest BCUT2D eigenvalue weighted by molar-refractivity contribution is 0.401. The summed E-state index contributed by atoms with van der Waals surface area (Å²) in [5.74, 6) is 2.12. The molecule has 1 fully saturated rings. The summed E-state index contributed by atoms with van der Waals surface area (Å²) >= 11 is 0. The van der Waals surface area contributed by atoms with Gasteiger partial charge in [-0.25, -0.2) is 4.98 Å². The van der Waals surface area contributed by atoms with Crippen molar-refractivity contribution in [2.45, 2.75) is 12.3 Å². The maximum Gasteiger partial charge on any atom is 0.143 e. The van der Waals surface area contributed by atoms with Gasteiger partial charge in [-0.15, -0.1) is 0 Å². The molecule has 5 heteroatoms. The first-order chi connectivity index (χ1) is 9.83. The molecule has 1 aliphatic rings. The highest BCUT2D eigenvalue weighted by Gasteiger charge is 2.22. The zero-order chi connectivity index (χ0) is 13.9. The van der Waals surface area contributed by atoms with Crippen molar-refractivity contribution in [1.29, 1.82) is 0 Å². The van der Waals surface area contributed by atoms with Gasteiger partial charge in [0.05, 0.1) is 26.2 Å². The van der Waals surface area contributed by atoms with Gasteiger partial charge in [-0.3, -0.25) is 4.57 Å². The van der Waals surface area contributed by atoms with Crippen molar-refractivity contribution >= 4 is 0 Å². The van der Waals surface area contributed by atoms with E-state index in [1.807, 2.05) is 30.7 Å². The van der Waals surface area contributed by atoms with Crippen molar-refractivity contribution < 1.29 is 9.47 Å². The molecular formula is C15H19N3O2. The molecule has 2 aromatic rings. The largest absolute Gasteiger partial charge is 0.497 e. The van der Waals surface area contributed by atoms with E-state index in [1.54, 1.807) is 14.2 Å². The number of methoxy groups -OCH3 is 2. The Bertz CT molecular complexity index is 589. The SMILES string of the molecule is COc1ccc(OC)c(-n2cncc2C2CCNC2)c1. The van der Waals surface area contributed by atoms with Crippen molar-refractivity contribution in [3.05, 3.63) is 36.4 Å². The molecule has 0 radical (unpaired) electrons. The highest BCUT2D eigenvalue weighted by atomic mass is 16.5. The van der Waals surface area contributed by atoms with E-state index in [-0.39, 0.29) is 0 Å². The minimum Gasteiger partial charge on any atom is -0.497 e. The fourth-order valence-electron chi connectivity index (χ4n) is 2.70. The number of aromatic nitrogens is 2. The van der Waals surface area contributed by atoms with Crippen molar-refractivity contribution in [2.24, 2.45) is 0 Å². The standard InChI is InChI=1S/C15H19N3O2/c1-19-12-3-4-15(20-2)13(7-12)18-10-17-9-14(18)11-5-6-16-8-11/h3-4,7,9-11,16H,5-6,8H2,1-2H3. The summed E-state index contributed by atoms with van der Waals surface area (Å²) in [6, 6.07) is 5.80. The van der Waals surface area contributed by atoms with E-state index < -0.39 is 0 Å². The Labute approximate surface area is 118 Å². The molecule has 0 saturated carbocycles. The van der Waals surface area contributed by atoms with Gasteiger partial charge in [0.2, 0.25) is 0 Å². The molecule has 1 unspecified atom stereocenters. The van der Waals surface area contributed by atoms with Crippen molar-refractivity contribution in [2.75, 3.05) is 27.3 Å². The molecular weight excluding hydrogens is 254 g/mol. The third kappa shape index (κ3) is 2.25. The summed E-state index contributed by atoms with van der Waals surface area (Å²) in [6.07, 6.45) is 4.92. The Morgan fingerprint density at radius 3 is 2.90 bits per heavy atom. The second-order valence-corrected chi connectivity index (χ2v) is 4.92. The van der Waals surface area contributed by atoms with Gasteiger partial charge in [-0.2, -0.15) is 0 Å². The lowest BCUT2D eigenvalue weighted by atomic mass is 10.1. The van der Waals surface area contributed by atoms with Crippen LogP contribution in [0, 0.1) is 0 Å². The molecule has 1 aliphatic heterocycles. The van der Waals surface area contributed by atoms with Crippen LogP contribution in [0.25, 0.3) is 5.69 Å². The number of benzene rings is 1. The van der Waals surface area contributed by atoms with Crippen LogP contribution in [0.3, 0.4) is 0 Å². The van der Waals surface area contributed by atoms with Crippen molar-refractivity contribution in [1.82, 2.24) is 14.9 Å². The molecule has 2 heterocycles. The Hall–Kier alpha value is -2.01. The Balaban J connectivity index is 2.06. The molecule has 106 valence electrons. The predicted molar refractivity (Wildman–Crippen MR) is 76.9 cm³/mol. The van der Waals surface area contributed by atoms with Crippen LogP contribution in [0.15, 0.2) is 30.7 Å². The molecule has 1 aromatic carbocycles. The average Bonchev–Trinajstić information content (AvgIpc) is 3.16. The van der Waals surface area contributed by atoms with Gasteiger partial charge in [-0.1, -0.05) is 0 Å². The number of imidazole rings is 1. The van der Waals surface area contributed by atoms with Crippen LogP contribution < -0.4 is 14.8 Å². The minimum atomic E-state index is 0.494. The highest BCUT2D eigenvalue weighted by molar-refractivity contribution is 5.52. The van der Waals surface area contributed by atoms with E-state index >= 15 is 0 Å². The van der Waals surface area contributed by atoms with Gasteiger partial charge in [0, 0.05) is 30.4 Å². The second-order valence-electron chi connectivity index (χ2n) is 4.92. The van der Waals surface area contributed by atoms with Crippen molar-refractivity contribution in [3.63, 3.8) is 0 Å². The summed E-state index contributed by atoms with van der Waals surface area (Å²) < 4.78 is 12.9. The topological polar surface area (TPSA) is 48.3 Å². The van der Waals surface area contributed by atoms with Crippen LogP contribution >= 0.6 is 0 Å². The zero-order valence-electron chi connectivity index (χ0n) is 11.8. The van der Waals surface area contributed by atoms with Gasteiger partial charge >= 0.3 is 0 Å². The lowest BCUT2D eigenvalue weighted by Crippen LogP contribution is -2.11. The highest BCUT2D eigenvalue weighted by Crippen LogP contribution is 2.31. The fourth-order valence-corrected chi connectivity index (χ4v) is 2.70. The number of hydrogen-bond acceptors (Lipinski definition) is 4. The first-order valence-electron chi connectivity index (χ1n) is 6.79. The second kappa shape index (κ2) is 5.54. The maximum atomic E-state index is 5.47. The zero-order valence-corrected chi connectivity index (χ0v) is 11.8. The number of ether oxygens (including phenoxy) is 2. The van der Waals surface area contributed by atoms with Crippen LogP contribution in [-0.4, -0.2) is 36.9 Å². The normalized spacial score (nSPS) is 18.2. The van der Waals surface area contributed by atoms with E-state index in [0.29, 0.717) is 5.92 Å². The maximum absolute atomic E-state index is 5.47. The number of rotatable bonds is 4. The first-order valence-corrected chi connectivity index (χ1v) is 6.79. The van der Waals surface area contributed by atoms with Gasteiger partial charge < -0.3 is 14.8 Å². The number of nitrogens with one attached hydrogen (secondary N) is 1. The van der Waals surface area contributed by atoms with Gasteiger partial charge in [0.1, 0.15) is 11.5 Å². The number of hydrogen-bond donors (Lipinski definition) is 1. The third-order valence-corrected chi connectivity index (χ3v) is 3.79. The van der Waals surface area contributed by atoms with Crippen molar-refractivity contribution in [3.8, 4) is 17.2 Å². The van der Waals surface area contributed by atoms with E-state index in [2.05, 4.69) is 14.9 Å². The molecule has 1 N–H and O–H groups in total. The first kappa shape index (κ1) is 13.0. The monoisotopic (exact) mass is 273 g/mol. The predicted octanol–water partition coefficient (Wildman–Crippen LogP) is 1.97. The Morgan fingerprint density at radius 2 is 2.20 bits per heavy atom. The van der Waals surface area contributed by atoms with E-state index in [4.69, 9.17) is 9.47 Å². The lowest BCUT2D eigenvalue weighted by Gasteiger charge is -2.16. The van der Waals surface area contributed by atoms with Gasteiger partial charge in [-0.05, 0) is 25.1 Å². The van der Waals surface area contributed by atoms with Crippen LogP contribution in [0.1, 0.15) is 18.0 Å². The summed E-state index contributed by atoms with van der Waals surface area (Å²) in [5.41, 5.74) is 2.17. The molecule has 0 spiro atoms. The Kier molecular flexibility index (Phi) is 3.60. The molecule has 1 atom stereocenters. The van der Waals surface area contributed by atoms with Gasteiger partial charge in [0.25, 0.3) is 0 Å². The minimum absolute atomic E-state index is 0.494. The molecule has 1 aromatic heterocycles. The van der Waals surface area contributed by atoms with Crippen LogP contribution in [0.2, 0.25) is 0 Å². The average molecular weight is 273 g/mol. The van der Waals surface area contributed by atoms with Gasteiger partial charge in [0.15, 0.2) is 0 Å². The smallest absolute Gasteiger partial charge is 0.143 e. The summed E-state index contributed by atoms with van der Waals surface area (Å²) in [7, 11) is 3.35. The molecule has 5 nitrogen and oxygen atoms in total. The Morgan fingerprint density at radius 1 is 1.30 bits per heavy atom. The van der Waals surface area contributed by atoms with E-state index in [1.165, 1.54) is 5.69 Å². The van der Waals surface area contributed by atoms with E-state index in [9.17, 15) is 0 Å². The summed E-state index contributed by atoms with van der Waals surface area (Å²) in [4.78, 5) is 4.31. The molecule has 1 saturated heterocycles. The quantitative estimate of drug-likeness (QED) is 0.925. The van der Waals surface area contributed by atoms with E-state index in [0.717, 1.165) is 36.7 Å². The fraction of sp³-hybridized carbons (Fsp3) is 0.400. The molecule has 3 rings (SSSR count). The van der Waals surface area contributed by atoms with Crippen LogP contribution in [0.4, 0.5) is 0 Å². The van der Waals surface area contributed by atoms with Crippen LogP contribution in [-0.2, 0) is 0 Å².